The summed E-state index contributed by atoms with van der Waals surface area (Å²) < 4.78 is 11.9. The average molecular weight is 341 g/mol. The Hall–Kier alpha value is -2.77. The summed E-state index contributed by atoms with van der Waals surface area (Å²) in [7, 11) is 1.60. The van der Waals surface area contributed by atoms with Gasteiger partial charge in [-0.1, -0.05) is 35.5 Å². The maximum atomic E-state index is 12.3. The number of aliphatic hydroxyl groups excluding tert-OH is 1. The van der Waals surface area contributed by atoms with Gasteiger partial charge >= 0.3 is 0 Å². The normalized spacial score (nSPS) is 12.2. The quantitative estimate of drug-likeness (QED) is 0.699. The molecule has 2 aromatic carbocycles. The number of aromatic nitrogens is 3. The third-order valence-electron chi connectivity index (χ3n) is 3.77. The van der Waals surface area contributed by atoms with Crippen molar-refractivity contribution in [1.29, 1.82) is 0 Å². The minimum absolute atomic E-state index is 0.0165. The molecule has 0 amide bonds. The Bertz CT molecular complexity index is 910. The third kappa shape index (κ3) is 4.01. The molecule has 3 aromatic rings. The highest BCUT2D eigenvalue weighted by molar-refractivity contribution is 5.76. The summed E-state index contributed by atoms with van der Waals surface area (Å²) in [5, 5.41) is 18.4. The zero-order valence-electron chi connectivity index (χ0n) is 13.8. The van der Waals surface area contributed by atoms with Crippen LogP contribution in [0, 0.1) is 0 Å². The highest BCUT2D eigenvalue weighted by Gasteiger charge is 2.11. The number of para-hydroxylation sites is 1. The number of nitrogens with zero attached hydrogens (tertiary/aromatic N) is 3. The predicted octanol–water partition coefficient (Wildman–Crippen LogP) is 1.38. The fourth-order valence-electron chi connectivity index (χ4n) is 2.52. The lowest BCUT2D eigenvalue weighted by Crippen LogP contribution is -2.31. The van der Waals surface area contributed by atoms with Gasteiger partial charge in [0.15, 0.2) is 0 Å². The van der Waals surface area contributed by atoms with Crippen molar-refractivity contribution in [2.75, 3.05) is 13.7 Å². The van der Waals surface area contributed by atoms with E-state index < -0.39 is 6.10 Å². The summed E-state index contributed by atoms with van der Waals surface area (Å²) in [4.78, 5) is 12.3. The summed E-state index contributed by atoms with van der Waals surface area (Å²) in [6.07, 6.45) is -0.872. The van der Waals surface area contributed by atoms with Crippen LogP contribution in [0.1, 0.15) is 5.56 Å². The molecule has 1 atom stereocenters. The molecule has 3 rings (SSSR count). The molecule has 1 unspecified atom stereocenters. The van der Waals surface area contributed by atoms with Gasteiger partial charge in [0.05, 0.1) is 38.4 Å². The molecular weight excluding hydrogens is 322 g/mol. The Morgan fingerprint density at radius 2 is 1.92 bits per heavy atom. The van der Waals surface area contributed by atoms with Gasteiger partial charge in [-0.15, -0.1) is 5.10 Å². The lowest BCUT2D eigenvalue weighted by molar-refractivity contribution is 0.0171. The molecule has 7 nitrogen and oxygen atoms in total. The smallest absolute Gasteiger partial charge is 0.277 e. The standard InChI is InChI=1S/C18H19N3O4/c1-24-17-9-5-2-6-13(17)11-25-12-14(22)10-21-18(23)15-7-3-4-8-16(15)19-20-21/h2-9,14,22H,10-12H2,1H3. The first kappa shape index (κ1) is 17.1. The van der Waals surface area contributed by atoms with Gasteiger partial charge < -0.3 is 14.6 Å². The topological polar surface area (TPSA) is 86.5 Å². The van der Waals surface area contributed by atoms with E-state index in [0.29, 0.717) is 17.5 Å². The van der Waals surface area contributed by atoms with Gasteiger partial charge in [0, 0.05) is 5.56 Å². The van der Waals surface area contributed by atoms with Crippen molar-refractivity contribution in [3.8, 4) is 5.75 Å². The van der Waals surface area contributed by atoms with E-state index in [1.165, 1.54) is 0 Å². The van der Waals surface area contributed by atoms with Gasteiger partial charge in [0.1, 0.15) is 11.3 Å². The van der Waals surface area contributed by atoms with Crippen LogP contribution in [-0.4, -0.2) is 39.9 Å². The second kappa shape index (κ2) is 7.87. The minimum Gasteiger partial charge on any atom is -0.496 e. The highest BCUT2D eigenvalue weighted by atomic mass is 16.5. The van der Waals surface area contributed by atoms with Crippen molar-refractivity contribution in [1.82, 2.24) is 15.0 Å². The van der Waals surface area contributed by atoms with Crippen LogP contribution in [-0.2, 0) is 17.9 Å². The molecule has 130 valence electrons. The molecule has 1 aromatic heterocycles. The van der Waals surface area contributed by atoms with E-state index >= 15 is 0 Å². The summed E-state index contributed by atoms with van der Waals surface area (Å²) in [6, 6.07) is 14.5. The van der Waals surface area contributed by atoms with Crippen LogP contribution in [0.2, 0.25) is 0 Å². The van der Waals surface area contributed by atoms with Gasteiger partial charge in [0.2, 0.25) is 0 Å². The summed E-state index contributed by atoms with van der Waals surface area (Å²) in [5.41, 5.74) is 1.14. The molecule has 0 bridgehead atoms. The van der Waals surface area contributed by atoms with Crippen molar-refractivity contribution in [2.24, 2.45) is 0 Å². The highest BCUT2D eigenvalue weighted by Crippen LogP contribution is 2.18. The predicted molar refractivity (Wildman–Crippen MR) is 92.5 cm³/mol. The van der Waals surface area contributed by atoms with E-state index in [0.717, 1.165) is 16.0 Å². The van der Waals surface area contributed by atoms with Crippen LogP contribution in [0.15, 0.2) is 53.3 Å². The van der Waals surface area contributed by atoms with E-state index in [1.54, 1.807) is 31.4 Å². The van der Waals surface area contributed by atoms with Gasteiger partial charge in [-0.25, -0.2) is 4.68 Å². The number of ether oxygens (including phenoxy) is 2. The van der Waals surface area contributed by atoms with Crippen molar-refractivity contribution in [3.63, 3.8) is 0 Å². The summed E-state index contributed by atoms with van der Waals surface area (Å²) >= 11 is 0. The molecule has 0 saturated carbocycles. The number of hydrogen-bond donors (Lipinski definition) is 1. The molecule has 25 heavy (non-hydrogen) atoms. The van der Waals surface area contributed by atoms with Crippen LogP contribution >= 0.6 is 0 Å². The van der Waals surface area contributed by atoms with E-state index in [2.05, 4.69) is 10.3 Å². The summed E-state index contributed by atoms with van der Waals surface area (Å²) in [5.74, 6) is 0.730. The third-order valence-corrected chi connectivity index (χ3v) is 3.77. The number of fused-ring (bicyclic) bond motifs is 1. The van der Waals surface area contributed by atoms with E-state index in [1.807, 2.05) is 24.3 Å². The molecule has 1 N–H and O–H groups in total. The molecule has 1 heterocycles. The Balaban J connectivity index is 1.60. The number of methoxy groups -OCH3 is 1. The monoisotopic (exact) mass is 341 g/mol. The van der Waals surface area contributed by atoms with Gasteiger partial charge in [-0.2, -0.15) is 0 Å². The van der Waals surface area contributed by atoms with E-state index in [-0.39, 0.29) is 18.7 Å². The van der Waals surface area contributed by atoms with Crippen LogP contribution in [0.4, 0.5) is 0 Å². The lowest BCUT2D eigenvalue weighted by atomic mass is 10.2. The van der Waals surface area contributed by atoms with Gasteiger partial charge in [0.25, 0.3) is 5.56 Å². The first-order valence-electron chi connectivity index (χ1n) is 7.89. The molecule has 0 saturated heterocycles. The maximum absolute atomic E-state index is 12.3. The van der Waals surface area contributed by atoms with Crippen LogP contribution < -0.4 is 10.3 Å². The number of rotatable bonds is 7. The first-order valence-corrected chi connectivity index (χ1v) is 7.89. The molecule has 7 heteroatoms. The Morgan fingerprint density at radius 3 is 2.76 bits per heavy atom. The van der Waals surface area contributed by atoms with Crippen molar-refractivity contribution in [2.45, 2.75) is 19.3 Å². The molecular formula is C18H19N3O4. The SMILES string of the molecule is COc1ccccc1COCC(O)Cn1nnc2ccccc2c1=O. The maximum Gasteiger partial charge on any atom is 0.277 e. The molecule has 0 aliphatic rings. The van der Waals surface area contributed by atoms with Crippen LogP contribution in [0.3, 0.4) is 0 Å². The number of benzene rings is 2. The van der Waals surface area contributed by atoms with Gasteiger partial charge in [-0.05, 0) is 18.2 Å². The Morgan fingerprint density at radius 1 is 1.16 bits per heavy atom. The first-order chi connectivity index (χ1) is 12.2. The van der Waals surface area contributed by atoms with Crippen molar-refractivity contribution < 1.29 is 14.6 Å². The van der Waals surface area contributed by atoms with Crippen LogP contribution in [0.25, 0.3) is 10.9 Å². The lowest BCUT2D eigenvalue weighted by Gasteiger charge is -2.13. The fraction of sp³-hybridized carbons (Fsp3) is 0.278. The largest absolute Gasteiger partial charge is 0.496 e. The second-order valence-corrected chi connectivity index (χ2v) is 5.57. The number of aliphatic hydroxyl groups is 1. The van der Waals surface area contributed by atoms with Crippen molar-refractivity contribution >= 4 is 10.9 Å². The second-order valence-electron chi connectivity index (χ2n) is 5.57. The zero-order chi connectivity index (χ0) is 17.6. The van der Waals surface area contributed by atoms with E-state index in [4.69, 9.17) is 9.47 Å². The molecule has 0 fully saturated rings. The average Bonchev–Trinajstić information content (AvgIpc) is 2.64. The van der Waals surface area contributed by atoms with E-state index in [9.17, 15) is 9.90 Å². The molecule has 0 aliphatic carbocycles. The Labute approximate surface area is 144 Å². The fourth-order valence-corrected chi connectivity index (χ4v) is 2.52. The molecule has 0 aliphatic heterocycles. The molecule has 0 radical (unpaired) electrons. The number of hydrogen-bond acceptors (Lipinski definition) is 6. The Kier molecular flexibility index (Phi) is 5.37. The van der Waals surface area contributed by atoms with Crippen LogP contribution in [0.5, 0.6) is 5.75 Å². The zero-order valence-corrected chi connectivity index (χ0v) is 13.8. The summed E-state index contributed by atoms with van der Waals surface area (Å²) in [6.45, 7) is 0.390. The van der Waals surface area contributed by atoms with Crippen molar-refractivity contribution in [3.05, 3.63) is 64.4 Å². The molecule has 0 spiro atoms. The minimum atomic E-state index is -0.872. The van der Waals surface area contributed by atoms with Gasteiger partial charge in [-0.3, -0.25) is 4.79 Å².